The van der Waals surface area contributed by atoms with Crippen molar-refractivity contribution in [2.75, 3.05) is 26.2 Å². The lowest BCUT2D eigenvalue weighted by atomic mass is 9.60. The van der Waals surface area contributed by atoms with Gasteiger partial charge in [-0.2, -0.15) is 15.4 Å². The normalized spacial score (nSPS) is 26.5. The number of benzene rings is 2. The molecule has 4 atom stereocenters. The van der Waals surface area contributed by atoms with Crippen molar-refractivity contribution in [1.29, 1.82) is 0 Å². The van der Waals surface area contributed by atoms with Crippen LogP contribution in [0.25, 0.3) is 16.6 Å². The van der Waals surface area contributed by atoms with Crippen molar-refractivity contribution in [3.05, 3.63) is 76.3 Å². The van der Waals surface area contributed by atoms with Gasteiger partial charge in [-0.05, 0) is 59.6 Å². The molecule has 3 heterocycles. The Morgan fingerprint density at radius 3 is 2.11 bits per heavy atom. The number of rotatable bonds is 3. The molecule has 1 aromatic heterocycles. The molecule has 7 rings (SSSR count). The number of nitrogens with one attached hydrogen (secondary N) is 1. The first-order chi connectivity index (χ1) is 18.0. The molecule has 3 aromatic rings. The van der Waals surface area contributed by atoms with Gasteiger partial charge in [-0.1, -0.05) is 35.9 Å². The van der Waals surface area contributed by atoms with E-state index in [1.807, 2.05) is 28.0 Å². The minimum absolute atomic E-state index is 0. The molecule has 190 valence electrons. The zero-order valence-electron chi connectivity index (χ0n) is 19.9. The van der Waals surface area contributed by atoms with E-state index in [0.717, 1.165) is 24.2 Å². The van der Waals surface area contributed by atoms with E-state index in [2.05, 4.69) is 15.4 Å². The number of likely N-dealkylation sites (tertiary alicyclic amines) is 2. The maximum Gasteiger partial charge on any atom is 0.253 e. The number of amides is 2. The van der Waals surface area contributed by atoms with Gasteiger partial charge in [0, 0.05) is 57.2 Å². The Kier molecular flexibility index (Phi) is 5.08. The highest BCUT2D eigenvalue weighted by atomic mass is 35.5. The summed E-state index contributed by atoms with van der Waals surface area (Å²) in [7, 11) is 0. The number of allylic oxidation sites excluding steroid dienone is 3. The van der Waals surface area contributed by atoms with Crippen molar-refractivity contribution in [1.82, 2.24) is 25.2 Å². The van der Waals surface area contributed by atoms with Crippen molar-refractivity contribution < 1.29 is 17.2 Å². The fourth-order valence-electron chi connectivity index (χ4n) is 6.70. The maximum absolute atomic E-state index is 13.3. The van der Waals surface area contributed by atoms with E-state index in [9.17, 15) is 14.4 Å². The van der Waals surface area contributed by atoms with Crippen LogP contribution in [0.4, 0.5) is 0 Å². The van der Waals surface area contributed by atoms with Crippen LogP contribution in [0.2, 0.25) is 5.02 Å². The molecule has 4 aliphatic rings. The largest absolute Gasteiger partial charge is 0.338 e. The summed E-state index contributed by atoms with van der Waals surface area (Å²) in [4.78, 5) is 43.1. The van der Waals surface area contributed by atoms with Crippen LogP contribution in [-0.4, -0.2) is 69.0 Å². The second-order valence-electron chi connectivity index (χ2n) is 10.5. The molecule has 2 saturated heterocycles. The quantitative estimate of drug-likeness (QED) is 0.568. The van der Waals surface area contributed by atoms with Crippen LogP contribution in [0, 0.1) is 23.7 Å². The second-order valence-corrected chi connectivity index (χ2v) is 10.9. The summed E-state index contributed by atoms with van der Waals surface area (Å²) in [5, 5.41) is 11.3. The van der Waals surface area contributed by atoms with Crippen LogP contribution >= 0.6 is 11.6 Å². The van der Waals surface area contributed by atoms with Gasteiger partial charge >= 0.3 is 0 Å². The molecule has 8 nitrogen and oxygen atoms in total. The van der Waals surface area contributed by atoms with Crippen molar-refractivity contribution in [2.24, 2.45) is 23.7 Å². The summed E-state index contributed by atoms with van der Waals surface area (Å²) < 4.78 is 0. The third-order valence-corrected chi connectivity index (χ3v) is 8.85. The average molecular weight is 518 g/mol. The van der Waals surface area contributed by atoms with E-state index in [1.54, 1.807) is 36.4 Å². The third kappa shape index (κ3) is 3.62. The van der Waals surface area contributed by atoms with E-state index >= 15 is 0 Å². The topological polar surface area (TPSA) is 99.3 Å². The van der Waals surface area contributed by atoms with Gasteiger partial charge in [0.25, 0.3) is 5.91 Å². The van der Waals surface area contributed by atoms with Gasteiger partial charge in [-0.3, -0.25) is 14.4 Å². The SMILES string of the molecule is O=C1CC(C(=O)N2CC3C(C2)[C@@H]2CN(C(=O)c4ccc5n[nH]nc5c4)C[C@H]32)=CC=C1c1ccc(Cl)cc1.[HH].[HH]. The first-order valence-electron chi connectivity index (χ1n) is 12.6. The molecule has 0 spiro atoms. The van der Waals surface area contributed by atoms with Crippen LogP contribution < -0.4 is 0 Å². The second kappa shape index (κ2) is 8.38. The van der Waals surface area contributed by atoms with Gasteiger partial charge < -0.3 is 9.80 Å². The number of ketones is 1. The lowest BCUT2D eigenvalue weighted by molar-refractivity contribution is -0.127. The van der Waals surface area contributed by atoms with Crippen LogP contribution in [-0.2, 0) is 9.59 Å². The molecule has 0 radical (unpaired) electrons. The number of carbonyl (C=O) groups is 3. The molecule has 0 bridgehead atoms. The van der Waals surface area contributed by atoms with Crippen LogP contribution in [0.5, 0.6) is 0 Å². The number of Topliss-reactive ketones (excluding diaryl/α,β-unsaturated/α-hetero) is 1. The van der Waals surface area contributed by atoms with Crippen molar-refractivity contribution in [2.45, 2.75) is 6.42 Å². The Morgan fingerprint density at radius 2 is 1.46 bits per heavy atom. The number of hydrogen-bond acceptors (Lipinski definition) is 5. The highest BCUT2D eigenvalue weighted by Crippen LogP contribution is 2.54. The highest BCUT2D eigenvalue weighted by molar-refractivity contribution is 6.31. The first-order valence-corrected chi connectivity index (χ1v) is 12.9. The molecular weight excluding hydrogens is 490 g/mol. The number of halogens is 1. The molecule has 2 amide bonds. The number of hydrogen-bond donors (Lipinski definition) is 1. The molecule has 1 N–H and O–H groups in total. The lowest BCUT2D eigenvalue weighted by Crippen LogP contribution is -2.44. The lowest BCUT2D eigenvalue weighted by Gasteiger charge is -2.42. The molecule has 2 unspecified atom stereocenters. The Balaban J connectivity index is 0.00000154. The molecule has 2 aromatic carbocycles. The smallest absolute Gasteiger partial charge is 0.253 e. The van der Waals surface area contributed by atoms with Crippen molar-refractivity contribution in [3.8, 4) is 0 Å². The van der Waals surface area contributed by atoms with Crippen LogP contribution in [0.15, 0.2) is 60.2 Å². The Labute approximate surface area is 220 Å². The number of H-pyrrole nitrogens is 1. The van der Waals surface area contributed by atoms with Crippen molar-refractivity contribution in [3.63, 3.8) is 0 Å². The third-order valence-electron chi connectivity index (χ3n) is 8.59. The zero-order chi connectivity index (χ0) is 25.3. The molecule has 9 heteroatoms. The number of carbonyl (C=O) groups excluding carboxylic acids is 3. The molecule has 2 aliphatic carbocycles. The fourth-order valence-corrected chi connectivity index (χ4v) is 6.83. The van der Waals surface area contributed by atoms with Crippen LogP contribution in [0.3, 0.4) is 0 Å². The summed E-state index contributed by atoms with van der Waals surface area (Å²) in [6, 6.07) is 12.6. The number of aromatic nitrogens is 3. The number of nitrogens with zero attached hydrogens (tertiary/aromatic N) is 4. The van der Waals surface area contributed by atoms with Crippen molar-refractivity contribution >= 4 is 45.8 Å². The predicted molar refractivity (Wildman–Crippen MR) is 142 cm³/mol. The molecule has 37 heavy (non-hydrogen) atoms. The molecular formula is C28H28ClN5O3. The van der Waals surface area contributed by atoms with Gasteiger partial charge in [0.15, 0.2) is 5.78 Å². The molecule has 2 aliphatic heterocycles. The summed E-state index contributed by atoms with van der Waals surface area (Å²) in [5.41, 5.74) is 4.02. The Hall–Kier alpha value is -3.78. The van der Waals surface area contributed by atoms with Gasteiger partial charge in [-0.25, -0.2) is 0 Å². The standard InChI is InChI=1S/C28H24ClN5O3.2H2/c29-18-5-1-15(2-6-18)19-7-3-17(10-26(19)35)28(37)34-13-22-20-11-33(12-21(20)23(22)14-34)27(36)16-4-8-24-25(9-16)31-32-30-24;;/h1-9,20-23H,10-14H2,(H,30,31,32);2*1H/t20-,21+,22?,23?;;. The summed E-state index contributed by atoms with van der Waals surface area (Å²) in [6.45, 7) is 2.82. The van der Waals surface area contributed by atoms with E-state index in [-0.39, 0.29) is 26.9 Å². The maximum atomic E-state index is 13.3. The van der Waals surface area contributed by atoms with E-state index in [4.69, 9.17) is 11.6 Å². The fraction of sp³-hybridized carbons (Fsp3) is 0.321. The number of fused-ring (bicyclic) bond motifs is 5. The zero-order valence-corrected chi connectivity index (χ0v) is 20.7. The summed E-state index contributed by atoms with van der Waals surface area (Å²) >= 11 is 5.96. The van der Waals surface area contributed by atoms with E-state index < -0.39 is 0 Å². The van der Waals surface area contributed by atoms with Gasteiger partial charge in [-0.15, -0.1) is 0 Å². The Morgan fingerprint density at radius 1 is 0.838 bits per heavy atom. The summed E-state index contributed by atoms with van der Waals surface area (Å²) in [6.07, 6.45) is 3.66. The summed E-state index contributed by atoms with van der Waals surface area (Å²) in [5.74, 6) is 1.59. The minimum atomic E-state index is -0.0508. The monoisotopic (exact) mass is 517 g/mol. The molecule has 1 saturated carbocycles. The minimum Gasteiger partial charge on any atom is -0.338 e. The molecule has 3 fully saturated rings. The van der Waals surface area contributed by atoms with E-state index in [0.29, 0.717) is 64.0 Å². The van der Waals surface area contributed by atoms with Crippen LogP contribution in [0.1, 0.15) is 25.2 Å². The van der Waals surface area contributed by atoms with E-state index in [1.165, 1.54) is 0 Å². The first kappa shape index (κ1) is 22.4. The number of aromatic amines is 1. The highest BCUT2D eigenvalue weighted by Gasteiger charge is 2.59. The van der Waals surface area contributed by atoms with Gasteiger partial charge in [0.2, 0.25) is 5.91 Å². The van der Waals surface area contributed by atoms with Gasteiger partial charge in [0.1, 0.15) is 11.0 Å². The predicted octanol–water partition coefficient (Wildman–Crippen LogP) is 3.86. The average Bonchev–Trinajstić information content (AvgIpc) is 3.62. The Bertz CT molecular complexity index is 1520. The van der Waals surface area contributed by atoms with Gasteiger partial charge in [0.05, 0.1) is 0 Å².